The van der Waals surface area contributed by atoms with Crippen LogP contribution in [0.2, 0.25) is 10.0 Å². The van der Waals surface area contributed by atoms with Crippen LogP contribution >= 0.6 is 23.2 Å². The van der Waals surface area contributed by atoms with Gasteiger partial charge in [-0.15, -0.1) is 0 Å². The zero-order valence-corrected chi connectivity index (χ0v) is 12.0. The second kappa shape index (κ2) is 4.68. The molecule has 3 amide bonds. The van der Waals surface area contributed by atoms with E-state index in [0.717, 1.165) is 21.4 Å². The third-order valence-corrected chi connectivity index (χ3v) is 4.29. The van der Waals surface area contributed by atoms with Crippen molar-refractivity contribution in [1.29, 1.82) is 0 Å². The first kappa shape index (κ1) is 13.3. The smallest absolute Gasteiger partial charge is 0.324 e. The second-order valence-corrected chi connectivity index (χ2v) is 5.49. The van der Waals surface area contributed by atoms with Gasteiger partial charge in [-0.2, -0.15) is 0 Å². The molecule has 1 fully saturated rings. The quantitative estimate of drug-likeness (QED) is 0.837. The van der Waals surface area contributed by atoms with Crippen molar-refractivity contribution in [3.8, 4) is 0 Å². The molecule has 2 aromatic rings. The van der Waals surface area contributed by atoms with Gasteiger partial charge < -0.3 is 10.3 Å². The Hall–Kier alpha value is -1.72. The maximum Gasteiger partial charge on any atom is 0.324 e. The largest absolute Gasteiger partial charge is 0.360 e. The zero-order valence-electron chi connectivity index (χ0n) is 10.5. The van der Waals surface area contributed by atoms with Gasteiger partial charge in [0.05, 0.1) is 15.6 Å². The second-order valence-electron chi connectivity index (χ2n) is 4.70. The van der Waals surface area contributed by atoms with Crippen LogP contribution in [0.4, 0.5) is 4.79 Å². The van der Waals surface area contributed by atoms with E-state index in [9.17, 15) is 9.59 Å². The normalized spacial score (nSPS) is 18.9. The van der Waals surface area contributed by atoms with E-state index in [-0.39, 0.29) is 11.9 Å². The summed E-state index contributed by atoms with van der Waals surface area (Å²) in [5.41, 5.74) is 1.65. The fourth-order valence-corrected chi connectivity index (χ4v) is 2.74. The molecule has 0 spiro atoms. The average molecular weight is 312 g/mol. The van der Waals surface area contributed by atoms with Crippen molar-refractivity contribution in [3.63, 3.8) is 0 Å². The number of fused-ring (bicyclic) bond motifs is 1. The van der Waals surface area contributed by atoms with E-state index in [0.29, 0.717) is 16.5 Å². The molecule has 0 saturated carbocycles. The van der Waals surface area contributed by atoms with Crippen molar-refractivity contribution in [3.05, 3.63) is 33.9 Å². The van der Waals surface area contributed by atoms with Gasteiger partial charge in [-0.05, 0) is 11.6 Å². The number of likely N-dealkylation sites (N-methyl/N-ethyl adjacent to an activating group) is 1. The molecule has 1 aromatic carbocycles. The van der Waals surface area contributed by atoms with E-state index in [2.05, 4.69) is 10.3 Å². The van der Waals surface area contributed by atoms with Gasteiger partial charge in [0.25, 0.3) is 5.91 Å². The molecule has 0 aliphatic carbocycles. The molecule has 104 valence electrons. The fourth-order valence-electron chi connectivity index (χ4n) is 2.36. The van der Waals surface area contributed by atoms with Gasteiger partial charge >= 0.3 is 6.03 Å². The minimum atomic E-state index is -0.541. The number of hydrogen-bond donors (Lipinski definition) is 2. The Kier molecular flexibility index (Phi) is 3.11. The number of nitrogens with zero attached hydrogens (tertiary/aromatic N) is 1. The molecule has 1 saturated heterocycles. The molecule has 0 bridgehead atoms. The van der Waals surface area contributed by atoms with Crippen LogP contribution in [0.25, 0.3) is 10.9 Å². The monoisotopic (exact) mass is 311 g/mol. The van der Waals surface area contributed by atoms with E-state index in [4.69, 9.17) is 23.2 Å². The van der Waals surface area contributed by atoms with Crippen LogP contribution in [0.5, 0.6) is 0 Å². The molecule has 5 nitrogen and oxygen atoms in total. The Balaban J connectivity index is 1.95. The Bertz CT molecular complexity index is 726. The molecule has 1 aliphatic rings. The van der Waals surface area contributed by atoms with Gasteiger partial charge in [-0.25, -0.2) is 4.79 Å². The highest BCUT2D eigenvalue weighted by atomic mass is 35.5. The molecule has 1 atom stereocenters. The van der Waals surface area contributed by atoms with E-state index in [1.807, 2.05) is 6.07 Å². The van der Waals surface area contributed by atoms with Gasteiger partial charge in [0.15, 0.2) is 0 Å². The summed E-state index contributed by atoms with van der Waals surface area (Å²) in [6.07, 6.45) is 2.19. The number of aromatic amines is 1. The minimum Gasteiger partial charge on any atom is -0.360 e. The summed E-state index contributed by atoms with van der Waals surface area (Å²) in [4.78, 5) is 27.5. The van der Waals surface area contributed by atoms with Gasteiger partial charge in [0.2, 0.25) is 0 Å². The molecule has 0 unspecified atom stereocenters. The van der Waals surface area contributed by atoms with Gasteiger partial charge in [-0.1, -0.05) is 29.3 Å². The van der Waals surface area contributed by atoms with E-state index < -0.39 is 6.04 Å². The molecule has 2 heterocycles. The molecule has 1 aromatic heterocycles. The standard InChI is InChI=1S/C13H11Cl2N3O2/c1-18-12(19)9(17-13(18)20)4-6-5-16-11-7(6)2-3-8(14)10(11)15/h2-3,5,9,16H,4H2,1H3,(H,17,20)/t9-/m1/s1. The van der Waals surface area contributed by atoms with E-state index in [1.165, 1.54) is 7.05 Å². The number of H-pyrrole nitrogens is 1. The summed E-state index contributed by atoms with van der Waals surface area (Å²) in [5, 5.41) is 4.47. The number of rotatable bonds is 2. The third-order valence-electron chi connectivity index (χ3n) is 3.49. The van der Waals surface area contributed by atoms with Crippen molar-refractivity contribution in [2.75, 3.05) is 7.05 Å². The van der Waals surface area contributed by atoms with Crippen molar-refractivity contribution < 1.29 is 9.59 Å². The maximum absolute atomic E-state index is 11.9. The number of hydrogen-bond acceptors (Lipinski definition) is 2. The predicted molar refractivity (Wildman–Crippen MR) is 77.1 cm³/mol. The number of amides is 3. The van der Waals surface area contributed by atoms with Gasteiger partial charge in [-0.3, -0.25) is 9.69 Å². The van der Waals surface area contributed by atoms with Crippen LogP contribution in [0.1, 0.15) is 5.56 Å². The fraction of sp³-hybridized carbons (Fsp3) is 0.231. The van der Waals surface area contributed by atoms with Crippen LogP contribution in [-0.2, 0) is 11.2 Å². The van der Waals surface area contributed by atoms with Gasteiger partial charge in [0, 0.05) is 25.1 Å². The van der Waals surface area contributed by atoms with Crippen molar-refractivity contribution in [1.82, 2.24) is 15.2 Å². The lowest BCUT2D eigenvalue weighted by atomic mass is 10.1. The minimum absolute atomic E-state index is 0.232. The molecule has 0 radical (unpaired) electrons. The number of benzene rings is 1. The summed E-state index contributed by atoms with van der Waals surface area (Å²) in [6, 6.07) is 2.65. The SMILES string of the molecule is CN1C(=O)N[C@H](Cc2c[nH]c3c(Cl)c(Cl)ccc23)C1=O. The number of aromatic nitrogens is 1. The summed E-state index contributed by atoms with van der Waals surface area (Å²) in [7, 11) is 1.46. The molecule has 1 aliphatic heterocycles. The Morgan fingerprint density at radius 2 is 2.05 bits per heavy atom. The van der Waals surface area contributed by atoms with Crippen molar-refractivity contribution in [2.24, 2.45) is 0 Å². The van der Waals surface area contributed by atoms with Crippen LogP contribution < -0.4 is 5.32 Å². The third kappa shape index (κ3) is 1.94. The number of urea groups is 1. The first-order valence-electron chi connectivity index (χ1n) is 6.01. The van der Waals surface area contributed by atoms with Gasteiger partial charge in [0.1, 0.15) is 6.04 Å². The van der Waals surface area contributed by atoms with Crippen molar-refractivity contribution in [2.45, 2.75) is 12.5 Å². The Labute approximate surface area is 124 Å². The van der Waals surface area contributed by atoms with Crippen LogP contribution in [0, 0.1) is 0 Å². The van der Waals surface area contributed by atoms with Crippen LogP contribution in [-0.4, -0.2) is 34.9 Å². The highest BCUT2D eigenvalue weighted by Gasteiger charge is 2.35. The Morgan fingerprint density at radius 3 is 2.70 bits per heavy atom. The molecule has 20 heavy (non-hydrogen) atoms. The topological polar surface area (TPSA) is 65.2 Å². The van der Waals surface area contributed by atoms with Crippen LogP contribution in [0.15, 0.2) is 18.3 Å². The average Bonchev–Trinajstić information content (AvgIpc) is 2.93. The number of carbonyl (C=O) groups is 2. The first-order valence-corrected chi connectivity index (χ1v) is 6.76. The maximum atomic E-state index is 11.9. The summed E-state index contributed by atoms with van der Waals surface area (Å²) >= 11 is 12.1. The molecule has 2 N–H and O–H groups in total. The molecule has 7 heteroatoms. The lowest BCUT2D eigenvalue weighted by molar-refractivity contribution is -0.126. The first-order chi connectivity index (χ1) is 9.49. The summed E-state index contributed by atoms with van der Waals surface area (Å²) in [5.74, 6) is -0.232. The van der Waals surface area contributed by atoms with Crippen LogP contribution in [0.3, 0.4) is 0 Å². The number of imide groups is 1. The van der Waals surface area contributed by atoms with E-state index >= 15 is 0 Å². The number of nitrogens with one attached hydrogen (secondary N) is 2. The lowest BCUT2D eigenvalue weighted by Crippen LogP contribution is -2.31. The van der Waals surface area contributed by atoms with Crippen molar-refractivity contribution >= 4 is 46.0 Å². The lowest BCUT2D eigenvalue weighted by Gasteiger charge is -2.07. The molecule has 3 rings (SSSR count). The molecular weight excluding hydrogens is 301 g/mol. The summed E-state index contributed by atoms with van der Waals surface area (Å²) < 4.78 is 0. The number of halogens is 2. The summed E-state index contributed by atoms with van der Waals surface area (Å²) in [6.45, 7) is 0. The predicted octanol–water partition coefficient (Wildman–Crippen LogP) is 2.57. The van der Waals surface area contributed by atoms with E-state index in [1.54, 1.807) is 12.3 Å². The number of carbonyl (C=O) groups excluding carboxylic acids is 2. The highest BCUT2D eigenvalue weighted by molar-refractivity contribution is 6.45. The zero-order chi connectivity index (χ0) is 14.4. The molecular formula is C13H11Cl2N3O2. The Morgan fingerprint density at radius 1 is 1.30 bits per heavy atom. The highest BCUT2D eigenvalue weighted by Crippen LogP contribution is 2.32.